The zero-order chi connectivity index (χ0) is 21.0. The van der Waals surface area contributed by atoms with Crippen LogP contribution in [0.1, 0.15) is 42.6 Å². The van der Waals surface area contributed by atoms with E-state index in [-0.39, 0.29) is 17.9 Å². The predicted octanol–water partition coefficient (Wildman–Crippen LogP) is 2.50. The highest BCUT2D eigenvalue weighted by atomic mass is 16.2. The predicted molar refractivity (Wildman–Crippen MR) is 113 cm³/mol. The number of carbonyl (C=O) groups excluding carboxylic acids is 2. The van der Waals surface area contributed by atoms with Gasteiger partial charge in [-0.25, -0.2) is 9.97 Å². The second-order valence-corrected chi connectivity index (χ2v) is 7.66. The van der Waals surface area contributed by atoms with Crippen LogP contribution in [0.3, 0.4) is 0 Å². The number of anilines is 1. The van der Waals surface area contributed by atoms with E-state index in [2.05, 4.69) is 40.8 Å². The van der Waals surface area contributed by atoms with E-state index in [1.54, 1.807) is 22.8 Å². The Labute approximate surface area is 172 Å². The van der Waals surface area contributed by atoms with Crippen LogP contribution in [-0.2, 0) is 11.3 Å². The van der Waals surface area contributed by atoms with Gasteiger partial charge in [-0.1, -0.05) is 30.3 Å². The van der Waals surface area contributed by atoms with E-state index in [0.29, 0.717) is 44.2 Å². The van der Waals surface area contributed by atoms with Crippen LogP contribution < -0.4 is 4.90 Å². The van der Waals surface area contributed by atoms with E-state index in [0.717, 1.165) is 5.82 Å². The molecule has 3 rings (SSSR count). The van der Waals surface area contributed by atoms with Gasteiger partial charge >= 0.3 is 0 Å². The minimum absolute atomic E-state index is 0.0470. The fourth-order valence-corrected chi connectivity index (χ4v) is 3.50. The number of hydrogen-bond acceptors (Lipinski definition) is 5. The van der Waals surface area contributed by atoms with Crippen molar-refractivity contribution in [2.75, 3.05) is 31.1 Å². The molecular weight excluding hydrogens is 366 g/mol. The van der Waals surface area contributed by atoms with Gasteiger partial charge in [0.2, 0.25) is 5.91 Å². The van der Waals surface area contributed by atoms with E-state index in [9.17, 15) is 9.59 Å². The summed E-state index contributed by atoms with van der Waals surface area (Å²) in [5.41, 5.74) is 1.59. The summed E-state index contributed by atoms with van der Waals surface area (Å²) in [6, 6.07) is 12.2. The smallest absolute Gasteiger partial charge is 0.272 e. The monoisotopic (exact) mass is 395 g/mol. The van der Waals surface area contributed by atoms with Crippen LogP contribution in [-0.4, -0.2) is 63.8 Å². The average molecular weight is 396 g/mol. The molecule has 2 heterocycles. The van der Waals surface area contributed by atoms with Crippen LogP contribution in [0.15, 0.2) is 36.4 Å². The minimum atomic E-state index is -0.108. The summed E-state index contributed by atoms with van der Waals surface area (Å²) in [5, 5.41) is 0. The molecule has 0 N–H and O–H groups in total. The number of piperazine rings is 1. The molecule has 0 spiro atoms. The second kappa shape index (κ2) is 9.03. The van der Waals surface area contributed by atoms with Crippen LogP contribution >= 0.6 is 0 Å². The normalized spacial score (nSPS) is 14.2. The number of aryl methyl sites for hydroxylation is 1. The van der Waals surface area contributed by atoms with Crippen molar-refractivity contribution in [1.29, 1.82) is 0 Å². The van der Waals surface area contributed by atoms with Gasteiger partial charge in [-0.2, -0.15) is 0 Å². The summed E-state index contributed by atoms with van der Waals surface area (Å²) < 4.78 is 0. The fourth-order valence-electron chi connectivity index (χ4n) is 3.50. The highest BCUT2D eigenvalue weighted by Crippen LogP contribution is 2.20. The Kier molecular flexibility index (Phi) is 6.46. The van der Waals surface area contributed by atoms with Crippen molar-refractivity contribution >= 4 is 17.6 Å². The van der Waals surface area contributed by atoms with E-state index >= 15 is 0 Å². The molecule has 1 fully saturated rings. The average Bonchev–Trinajstić information content (AvgIpc) is 2.71. The Bertz CT molecular complexity index is 861. The molecule has 0 aliphatic carbocycles. The van der Waals surface area contributed by atoms with E-state index in [4.69, 9.17) is 0 Å². The van der Waals surface area contributed by atoms with Crippen molar-refractivity contribution in [1.82, 2.24) is 19.8 Å². The molecule has 1 saturated heterocycles. The first-order valence-electron chi connectivity index (χ1n) is 10.1. The first kappa shape index (κ1) is 20.8. The molecule has 29 heavy (non-hydrogen) atoms. The molecule has 1 aromatic carbocycles. The first-order valence-corrected chi connectivity index (χ1v) is 10.1. The number of aromatic nitrogens is 2. The van der Waals surface area contributed by atoms with Gasteiger partial charge in [-0.3, -0.25) is 9.59 Å². The summed E-state index contributed by atoms with van der Waals surface area (Å²) in [4.78, 5) is 39.3. The minimum Gasteiger partial charge on any atom is -0.350 e. The summed E-state index contributed by atoms with van der Waals surface area (Å²) in [6.45, 7) is 10.5. The lowest BCUT2D eigenvalue weighted by Gasteiger charge is -2.34. The van der Waals surface area contributed by atoms with Crippen molar-refractivity contribution in [2.45, 2.75) is 40.3 Å². The lowest BCUT2D eigenvalue weighted by molar-refractivity contribution is -0.130. The van der Waals surface area contributed by atoms with Crippen LogP contribution in [0, 0.1) is 6.92 Å². The molecule has 0 bridgehead atoms. The van der Waals surface area contributed by atoms with Gasteiger partial charge in [0.25, 0.3) is 5.91 Å². The maximum absolute atomic E-state index is 13.0. The molecule has 1 aliphatic rings. The third-order valence-corrected chi connectivity index (χ3v) is 5.17. The number of hydrogen-bond donors (Lipinski definition) is 0. The van der Waals surface area contributed by atoms with Gasteiger partial charge in [0, 0.05) is 51.8 Å². The number of nitrogens with zero attached hydrogens (tertiary/aromatic N) is 5. The Morgan fingerprint density at radius 3 is 2.24 bits per heavy atom. The number of carbonyl (C=O) groups is 2. The summed E-state index contributed by atoms with van der Waals surface area (Å²) in [5.74, 6) is 1.27. The molecule has 0 radical (unpaired) electrons. The largest absolute Gasteiger partial charge is 0.350 e. The maximum atomic E-state index is 13.0. The molecule has 0 unspecified atom stereocenters. The van der Waals surface area contributed by atoms with Crippen LogP contribution in [0.25, 0.3) is 0 Å². The second-order valence-electron chi connectivity index (χ2n) is 7.66. The summed E-state index contributed by atoms with van der Waals surface area (Å²) >= 11 is 0. The zero-order valence-electron chi connectivity index (χ0n) is 17.6. The summed E-state index contributed by atoms with van der Waals surface area (Å²) in [7, 11) is 0. The molecule has 154 valence electrons. The van der Waals surface area contributed by atoms with Crippen molar-refractivity contribution in [2.24, 2.45) is 0 Å². The number of amides is 2. The SMILES string of the molecule is CC(=O)N1CCN(C(=O)c2cc(N(Cc3ccccc3)C(C)C)nc(C)n2)CC1. The Morgan fingerprint density at radius 1 is 1.03 bits per heavy atom. The van der Waals surface area contributed by atoms with Crippen LogP contribution in [0.2, 0.25) is 0 Å². The van der Waals surface area contributed by atoms with Gasteiger partial charge in [0.15, 0.2) is 0 Å². The number of rotatable bonds is 5. The standard InChI is InChI=1S/C22H29N5O2/c1-16(2)27(15-19-8-6-5-7-9-19)21-14-20(23-17(3)24-21)22(29)26-12-10-25(11-13-26)18(4)28/h5-9,14,16H,10-13,15H2,1-4H3. The molecule has 7 nitrogen and oxygen atoms in total. The molecular formula is C22H29N5O2. The lowest BCUT2D eigenvalue weighted by atomic mass is 10.2. The lowest BCUT2D eigenvalue weighted by Crippen LogP contribution is -2.50. The molecule has 1 aromatic heterocycles. The van der Waals surface area contributed by atoms with Gasteiger partial charge in [-0.15, -0.1) is 0 Å². The van der Waals surface area contributed by atoms with Gasteiger partial charge in [-0.05, 0) is 26.3 Å². The molecule has 2 amide bonds. The Balaban J connectivity index is 1.81. The van der Waals surface area contributed by atoms with Crippen LogP contribution in [0.4, 0.5) is 5.82 Å². The van der Waals surface area contributed by atoms with Crippen molar-refractivity contribution in [3.05, 3.63) is 53.5 Å². The van der Waals surface area contributed by atoms with Gasteiger partial charge in [0.1, 0.15) is 17.3 Å². The molecule has 7 heteroatoms. The Morgan fingerprint density at radius 2 is 1.66 bits per heavy atom. The van der Waals surface area contributed by atoms with Gasteiger partial charge < -0.3 is 14.7 Å². The highest BCUT2D eigenvalue weighted by Gasteiger charge is 2.25. The van der Waals surface area contributed by atoms with Crippen LogP contribution in [0.5, 0.6) is 0 Å². The van der Waals surface area contributed by atoms with Crippen molar-refractivity contribution in [3.8, 4) is 0 Å². The maximum Gasteiger partial charge on any atom is 0.272 e. The number of benzene rings is 1. The first-order chi connectivity index (χ1) is 13.8. The third-order valence-electron chi connectivity index (χ3n) is 5.17. The molecule has 0 saturated carbocycles. The molecule has 0 atom stereocenters. The third kappa shape index (κ3) is 5.10. The van der Waals surface area contributed by atoms with Crippen molar-refractivity contribution in [3.63, 3.8) is 0 Å². The highest BCUT2D eigenvalue weighted by molar-refractivity contribution is 5.93. The van der Waals surface area contributed by atoms with E-state index in [1.165, 1.54) is 5.56 Å². The quantitative estimate of drug-likeness (QED) is 0.778. The summed E-state index contributed by atoms with van der Waals surface area (Å²) in [6.07, 6.45) is 0. The Hall–Kier alpha value is -2.96. The van der Waals surface area contributed by atoms with Gasteiger partial charge in [0.05, 0.1) is 0 Å². The molecule has 2 aromatic rings. The van der Waals surface area contributed by atoms with E-state index in [1.807, 2.05) is 25.1 Å². The van der Waals surface area contributed by atoms with E-state index < -0.39 is 0 Å². The topological polar surface area (TPSA) is 69.6 Å². The molecule has 1 aliphatic heterocycles. The van der Waals surface area contributed by atoms with Crippen molar-refractivity contribution < 1.29 is 9.59 Å². The fraction of sp³-hybridized carbons (Fsp3) is 0.455. The zero-order valence-corrected chi connectivity index (χ0v) is 17.6.